The van der Waals surface area contributed by atoms with Gasteiger partial charge in [-0.2, -0.15) is 0 Å². The minimum Gasteiger partial charge on any atom is -0.480 e. The van der Waals surface area contributed by atoms with Gasteiger partial charge in [-0.15, -0.1) is 0 Å². The zero-order chi connectivity index (χ0) is 15.1. The molecule has 2 aliphatic heterocycles. The van der Waals surface area contributed by atoms with E-state index < -0.39 is 33.4 Å². The molecule has 3 atom stereocenters. The average molecular weight is 304 g/mol. The summed E-state index contributed by atoms with van der Waals surface area (Å²) in [6.07, 6.45) is 1.00. The van der Waals surface area contributed by atoms with Crippen molar-refractivity contribution in [2.24, 2.45) is 5.92 Å². The van der Waals surface area contributed by atoms with Gasteiger partial charge in [-0.3, -0.25) is 0 Å². The number of rotatable bonds is 2. The molecule has 2 aliphatic rings. The zero-order valence-electron chi connectivity index (χ0n) is 11.6. The molecule has 2 N–H and O–H groups in total. The minimum absolute atomic E-state index is 0.0581. The Morgan fingerprint density at radius 3 is 2.55 bits per heavy atom. The van der Waals surface area contributed by atoms with Crippen molar-refractivity contribution in [2.75, 3.05) is 18.1 Å². The Kier molecular flexibility index (Phi) is 3.70. The average Bonchev–Trinajstić information content (AvgIpc) is 2.79. The lowest BCUT2D eigenvalue weighted by molar-refractivity contribution is -0.142. The van der Waals surface area contributed by atoms with Crippen molar-refractivity contribution >= 4 is 21.8 Å². The van der Waals surface area contributed by atoms with E-state index in [1.807, 2.05) is 0 Å². The Morgan fingerprint density at radius 2 is 2.05 bits per heavy atom. The van der Waals surface area contributed by atoms with E-state index in [0.717, 1.165) is 0 Å². The van der Waals surface area contributed by atoms with E-state index in [1.165, 1.54) is 4.90 Å². The Balaban J connectivity index is 2.07. The van der Waals surface area contributed by atoms with Crippen molar-refractivity contribution in [1.29, 1.82) is 0 Å². The quantitative estimate of drug-likeness (QED) is 0.751. The highest BCUT2D eigenvalue weighted by atomic mass is 32.2. The molecule has 2 fully saturated rings. The summed E-state index contributed by atoms with van der Waals surface area (Å²) in [7, 11) is -3.11. The summed E-state index contributed by atoms with van der Waals surface area (Å²) in [6, 6.07) is -1.32. The maximum Gasteiger partial charge on any atom is 0.326 e. The number of aliphatic carboxylic acids is 1. The number of urea groups is 1. The number of sulfone groups is 1. The van der Waals surface area contributed by atoms with Gasteiger partial charge in [-0.1, -0.05) is 6.92 Å². The highest BCUT2D eigenvalue weighted by molar-refractivity contribution is 7.91. The van der Waals surface area contributed by atoms with E-state index in [2.05, 4.69) is 5.32 Å². The third-order valence-corrected chi connectivity index (χ3v) is 6.03. The summed E-state index contributed by atoms with van der Waals surface area (Å²) >= 11 is 0. The number of hydrogen-bond donors (Lipinski definition) is 2. The van der Waals surface area contributed by atoms with Crippen LogP contribution in [-0.4, -0.2) is 60.1 Å². The number of carbonyl (C=O) groups is 2. The molecule has 2 amide bonds. The number of nitrogens with zero attached hydrogens (tertiary/aromatic N) is 1. The highest BCUT2D eigenvalue weighted by Gasteiger charge is 2.44. The van der Waals surface area contributed by atoms with Crippen LogP contribution < -0.4 is 5.32 Å². The standard InChI is InChI=1S/C12H20N2O5S/c1-8-3-5-14(9(8)10(15)16)11(17)13-12(2)4-6-20(18,19)7-12/h8-9H,3-7H2,1-2H3,(H,13,17)(H,15,16). The van der Waals surface area contributed by atoms with E-state index >= 15 is 0 Å². The van der Waals surface area contributed by atoms with Gasteiger partial charge in [0, 0.05) is 6.54 Å². The summed E-state index contributed by atoms with van der Waals surface area (Å²) in [5.74, 6) is -1.15. The van der Waals surface area contributed by atoms with Gasteiger partial charge in [0.25, 0.3) is 0 Å². The fourth-order valence-corrected chi connectivity index (χ4v) is 5.08. The van der Waals surface area contributed by atoms with Crippen LogP contribution in [0.15, 0.2) is 0 Å². The minimum atomic E-state index is -3.11. The van der Waals surface area contributed by atoms with Crippen molar-refractivity contribution in [3.05, 3.63) is 0 Å². The summed E-state index contributed by atoms with van der Waals surface area (Å²) < 4.78 is 23.0. The third-order valence-electron chi connectivity index (χ3n) is 4.13. The van der Waals surface area contributed by atoms with Crippen LogP contribution >= 0.6 is 0 Å². The highest BCUT2D eigenvalue weighted by Crippen LogP contribution is 2.27. The second-order valence-electron chi connectivity index (χ2n) is 6.08. The van der Waals surface area contributed by atoms with Gasteiger partial charge in [-0.05, 0) is 25.7 Å². The molecule has 0 spiro atoms. The van der Waals surface area contributed by atoms with Gasteiger partial charge < -0.3 is 15.3 Å². The second-order valence-corrected chi connectivity index (χ2v) is 8.26. The molecule has 0 aromatic carbocycles. The van der Waals surface area contributed by atoms with Crippen LogP contribution in [0, 0.1) is 5.92 Å². The lowest BCUT2D eigenvalue weighted by atomic mass is 10.0. The molecule has 114 valence electrons. The van der Waals surface area contributed by atoms with Crippen LogP contribution in [0.5, 0.6) is 0 Å². The predicted octanol–water partition coefficient (Wildman–Crippen LogP) is 0.0682. The molecule has 2 saturated heterocycles. The first-order chi connectivity index (χ1) is 9.14. The van der Waals surface area contributed by atoms with Crippen LogP contribution in [0.4, 0.5) is 4.79 Å². The van der Waals surface area contributed by atoms with E-state index in [-0.39, 0.29) is 17.4 Å². The number of likely N-dealkylation sites (tertiary alicyclic amines) is 1. The largest absolute Gasteiger partial charge is 0.480 e. The predicted molar refractivity (Wildman–Crippen MR) is 72.1 cm³/mol. The van der Waals surface area contributed by atoms with E-state index in [9.17, 15) is 23.1 Å². The Bertz CT molecular complexity index is 532. The van der Waals surface area contributed by atoms with Gasteiger partial charge in [-0.25, -0.2) is 18.0 Å². The van der Waals surface area contributed by atoms with Crippen LogP contribution in [0.3, 0.4) is 0 Å². The molecular formula is C12H20N2O5S. The van der Waals surface area contributed by atoms with Gasteiger partial charge in [0.2, 0.25) is 0 Å². The zero-order valence-corrected chi connectivity index (χ0v) is 12.4. The van der Waals surface area contributed by atoms with Gasteiger partial charge in [0.05, 0.1) is 17.0 Å². The van der Waals surface area contributed by atoms with Gasteiger partial charge in [0.15, 0.2) is 9.84 Å². The summed E-state index contributed by atoms with van der Waals surface area (Å²) in [4.78, 5) is 24.8. The first-order valence-corrected chi connectivity index (χ1v) is 8.48. The molecule has 8 heteroatoms. The first kappa shape index (κ1) is 15.1. The van der Waals surface area contributed by atoms with Crippen LogP contribution in [-0.2, 0) is 14.6 Å². The number of carbonyl (C=O) groups excluding carboxylic acids is 1. The Morgan fingerprint density at radius 1 is 1.40 bits per heavy atom. The smallest absolute Gasteiger partial charge is 0.326 e. The molecule has 0 bridgehead atoms. The maximum absolute atomic E-state index is 12.2. The van der Waals surface area contributed by atoms with Crippen molar-refractivity contribution in [2.45, 2.75) is 38.3 Å². The fourth-order valence-electron chi connectivity index (χ4n) is 2.99. The molecule has 2 rings (SSSR count). The molecule has 2 heterocycles. The molecule has 7 nitrogen and oxygen atoms in total. The lowest BCUT2D eigenvalue weighted by Crippen LogP contribution is -2.55. The molecule has 0 aromatic heterocycles. The summed E-state index contributed by atoms with van der Waals surface area (Å²) in [5.41, 5.74) is -0.801. The van der Waals surface area contributed by atoms with Gasteiger partial charge >= 0.3 is 12.0 Å². The Labute approximate surface area is 118 Å². The van der Waals surface area contributed by atoms with E-state index in [4.69, 9.17) is 0 Å². The topological polar surface area (TPSA) is 104 Å². The Hall–Kier alpha value is -1.31. The van der Waals surface area contributed by atoms with Crippen LogP contribution in [0.1, 0.15) is 26.7 Å². The molecule has 20 heavy (non-hydrogen) atoms. The molecular weight excluding hydrogens is 284 g/mol. The summed E-state index contributed by atoms with van der Waals surface area (Å²) in [5, 5.41) is 11.9. The monoisotopic (exact) mass is 304 g/mol. The number of carboxylic acid groups (broad SMARTS) is 1. The van der Waals surface area contributed by atoms with Crippen molar-refractivity contribution in [1.82, 2.24) is 10.2 Å². The number of amides is 2. The van der Waals surface area contributed by atoms with Crippen molar-refractivity contribution in [3.8, 4) is 0 Å². The number of hydrogen-bond acceptors (Lipinski definition) is 4. The number of carboxylic acids is 1. The third kappa shape index (κ3) is 2.89. The van der Waals surface area contributed by atoms with Crippen LogP contribution in [0.2, 0.25) is 0 Å². The molecule has 0 aliphatic carbocycles. The maximum atomic E-state index is 12.2. The normalized spacial score (nSPS) is 36.0. The van der Waals surface area contributed by atoms with E-state index in [1.54, 1.807) is 13.8 Å². The second kappa shape index (κ2) is 4.91. The molecule has 3 unspecified atom stereocenters. The van der Waals surface area contributed by atoms with Crippen LogP contribution in [0.25, 0.3) is 0 Å². The molecule has 0 saturated carbocycles. The molecule has 0 radical (unpaired) electrons. The van der Waals surface area contributed by atoms with Crippen molar-refractivity contribution < 1.29 is 23.1 Å². The number of nitrogens with one attached hydrogen (secondary N) is 1. The van der Waals surface area contributed by atoms with E-state index in [0.29, 0.717) is 19.4 Å². The fraction of sp³-hybridized carbons (Fsp3) is 0.833. The molecule has 0 aromatic rings. The first-order valence-electron chi connectivity index (χ1n) is 6.66. The lowest BCUT2D eigenvalue weighted by Gasteiger charge is -2.30. The summed E-state index contributed by atoms with van der Waals surface area (Å²) in [6.45, 7) is 3.87. The van der Waals surface area contributed by atoms with Gasteiger partial charge in [0.1, 0.15) is 6.04 Å². The van der Waals surface area contributed by atoms with Crippen molar-refractivity contribution in [3.63, 3.8) is 0 Å². The SMILES string of the molecule is CC1CCN(C(=O)NC2(C)CCS(=O)(=O)C2)C1C(=O)O.